The molecular formula is C83H120BrCl5N14O11. The first-order valence-electron chi connectivity index (χ1n) is 38.2. The van der Waals surface area contributed by atoms with Crippen LogP contribution in [0.3, 0.4) is 0 Å². The number of quaternary nitrogens is 1. The van der Waals surface area contributed by atoms with E-state index < -0.39 is 16.7 Å². The van der Waals surface area contributed by atoms with Crippen LogP contribution in [-0.2, 0) is 37.6 Å². The van der Waals surface area contributed by atoms with Crippen LogP contribution in [0.1, 0.15) is 195 Å². The molecule has 1 aliphatic carbocycles. The number of carbonyl (C=O) groups is 4. The fourth-order valence-electron chi connectivity index (χ4n) is 14.6. The molecule has 10 heterocycles. The summed E-state index contributed by atoms with van der Waals surface area (Å²) < 4.78 is 32.0. The molecule has 114 heavy (non-hydrogen) atoms. The highest BCUT2D eigenvalue weighted by atomic mass is 79.9. The van der Waals surface area contributed by atoms with Crippen LogP contribution in [0.2, 0.25) is 10.3 Å². The number of amides is 4. The summed E-state index contributed by atoms with van der Waals surface area (Å²) in [6.45, 7) is 44.7. The molecule has 1 unspecified atom stereocenters. The van der Waals surface area contributed by atoms with E-state index in [0.717, 1.165) is 80.0 Å². The number of furan rings is 2. The monoisotopic (exact) mass is 1740 g/mol. The van der Waals surface area contributed by atoms with Gasteiger partial charge in [0.1, 0.15) is 38.4 Å². The SMILES string of the molecule is CC(C)(C)OC(=O)N1CCN(C(=O)c2cc3nc(Cl)cc(Br)c3o2)C(C)(C)C1.CC(C)(C)c1cc(Cl)nc2cc(C(=O)N3CC[NH2+]CC3(C)C)oc12.CCCC1CCCC(C)(C)C1.COc1ccc(Cn2cc(N3CCNC(C)(C)C3)cn2)cc1.COc1ccc(Cn2cc(N3CCNC(C)(C)C3=O)cn2)cc1.Cl.Cl.O=C=O.[Cl-].[HH]. The van der Waals surface area contributed by atoms with E-state index in [1.54, 1.807) is 53.3 Å². The van der Waals surface area contributed by atoms with Gasteiger partial charge in [-0.25, -0.2) is 14.8 Å². The van der Waals surface area contributed by atoms with Gasteiger partial charge in [0.05, 0.1) is 91.8 Å². The smallest absolute Gasteiger partial charge is 0.410 e. The molecule has 4 N–H and O–H groups in total. The highest BCUT2D eigenvalue weighted by Crippen LogP contribution is 2.41. The number of piperazine rings is 4. The lowest BCUT2D eigenvalue weighted by Gasteiger charge is -2.46. The fraction of sp³-hybridized carbons (Fsp3) is 0.554. The number of carbonyl (C=O) groups excluding carboxylic acids is 6. The molecule has 0 spiro atoms. The Morgan fingerprint density at radius 1 is 0.693 bits per heavy atom. The van der Waals surface area contributed by atoms with E-state index in [2.05, 4.69) is 145 Å². The van der Waals surface area contributed by atoms with E-state index in [4.69, 9.17) is 55.8 Å². The van der Waals surface area contributed by atoms with Crippen LogP contribution in [0.4, 0.5) is 16.2 Å². The third-order valence-corrected chi connectivity index (χ3v) is 21.2. The third-order valence-electron chi connectivity index (χ3n) is 20.2. The van der Waals surface area contributed by atoms with Crippen molar-refractivity contribution in [3.63, 3.8) is 0 Å². The molecule has 31 heteroatoms. The summed E-state index contributed by atoms with van der Waals surface area (Å²) in [4.78, 5) is 85.2. The fourth-order valence-corrected chi connectivity index (χ4v) is 15.6. The number of nitrogens with one attached hydrogen (secondary N) is 2. The van der Waals surface area contributed by atoms with Gasteiger partial charge in [0.25, 0.3) is 11.8 Å². The Bertz CT molecular complexity index is 4490. The number of hydrogen-bond acceptors (Lipinski definition) is 18. The molecule has 8 aromatic rings. The summed E-state index contributed by atoms with van der Waals surface area (Å²) in [7, 11) is 3.34. The van der Waals surface area contributed by atoms with E-state index in [0.29, 0.717) is 87.4 Å². The van der Waals surface area contributed by atoms with Crippen molar-refractivity contribution < 1.29 is 71.0 Å². The second-order valence-electron chi connectivity index (χ2n) is 34.3. The van der Waals surface area contributed by atoms with Crippen molar-refractivity contribution in [1.82, 2.24) is 54.9 Å². The van der Waals surface area contributed by atoms with Gasteiger partial charge < -0.3 is 75.9 Å². The van der Waals surface area contributed by atoms with Crippen LogP contribution in [0.5, 0.6) is 11.5 Å². The van der Waals surface area contributed by atoms with E-state index in [1.807, 2.05) is 118 Å². The van der Waals surface area contributed by atoms with Crippen molar-refractivity contribution in [2.45, 2.75) is 202 Å². The van der Waals surface area contributed by atoms with Crippen LogP contribution in [0, 0.1) is 11.3 Å². The van der Waals surface area contributed by atoms with Gasteiger partial charge in [0.2, 0.25) is 5.91 Å². The maximum absolute atomic E-state index is 13.1. The quantitative estimate of drug-likeness (QED) is 0.0959. The number of methoxy groups -OCH3 is 2. The number of benzene rings is 2. The molecule has 4 amide bonds. The molecule has 5 aliphatic rings. The van der Waals surface area contributed by atoms with Gasteiger partial charge in [-0.15, -0.1) is 24.8 Å². The minimum atomic E-state index is -0.590. The molecule has 1 atom stereocenters. The highest BCUT2D eigenvalue weighted by Gasteiger charge is 2.43. The summed E-state index contributed by atoms with van der Waals surface area (Å²) in [5.74, 6) is 3.02. The van der Waals surface area contributed by atoms with Gasteiger partial charge in [0.15, 0.2) is 22.7 Å². The predicted molar refractivity (Wildman–Crippen MR) is 454 cm³/mol. The largest absolute Gasteiger partial charge is 1.00 e. The third kappa shape index (κ3) is 27.0. The number of ether oxygens (including phenoxy) is 3. The van der Waals surface area contributed by atoms with E-state index in [1.165, 1.54) is 49.8 Å². The zero-order valence-electron chi connectivity index (χ0n) is 69.6. The van der Waals surface area contributed by atoms with E-state index in [-0.39, 0.29) is 90.9 Å². The number of halogens is 6. The van der Waals surface area contributed by atoms with Crippen LogP contribution in [-0.4, -0.2) is 188 Å². The molecule has 4 saturated heterocycles. The molecule has 0 bridgehead atoms. The number of nitrogens with zero attached hydrogens (tertiary/aromatic N) is 11. The predicted octanol–water partition coefficient (Wildman–Crippen LogP) is 12.6. The van der Waals surface area contributed by atoms with Crippen LogP contribution in [0.15, 0.2) is 111 Å². The molecule has 1 saturated carbocycles. The summed E-state index contributed by atoms with van der Waals surface area (Å²) in [5.41, 5.74) is 6.38. The second kappa shape index (κ2) is 41.6. The Morgan fingerprint density at radius 2 is 1.21 bits per heavy atom. The van der Waals surface area contributed by atoms with Crippen molar-refractivity contribution in [3.8, 4) is 11.5 Å². The average molecular weight is 1750 g/mol. The molecule has 5 fully saturated rings. The number of anilines is 2. The van der Waals surface area contributed by atoms with Crippen LogP contribution < -0.4 is 47.6 Å². The summed E-state index contributed by atoms with van der Waals surface area (Å²) in [6, 6.07) is 22.8. The average Bonchev–Trinajstić information content (AvgIpc) is 1.64. The first-order valence-corrected chi connectivity index (χ1v) is 39.8. The molecule has 13 rings (SSSR count). The minimum absolute atomic E-state index is 0. The zero-order valence-corrected chi connectivity index (χ0v) is 75.1. The molecule has 6 aromatic heterocycles. The maximum Gasteiger partial charge on any atom is 0.410 e. The number of rotatable bonds is 12. The van der Waals surface area contributed by atoms with Gasteiger partial charge in [-0.05, 0) is 169 Å². The van der Waals surface area contributed by atoms with Gasteiger partial charge in [-0.3, -0.25) is 23.7 Å². The summed E-state index contributed by atoms with van der Waals surface area (Å²) in [6.07, 6.45) is 16.4. The lowest BCUT2D eigenvalue weighted by atomic mass is 9.71. The first kappa shape index (κ1) is 97.1. The normalized spacial score (nSPS) is 17.9. The number of pyridine rings is 2. The first-order chi connectivity index (χ1) is 52.1. The van der Waals surface area contributed by atoms with Crippen molar-refractivity contribution in [2.75, 3.05) is 96.0 Å². The number of fused-ring (bicyclic) bond motifs is 2. The van der Waals surface area contributed by atoms with Crippen molar-refractivity contribution in [3.05, 3.63) is 141 Å². The Hall–Kier alpha value is -7.49. The van der Waals surface area contributed by atoms with Crippen molar-refractivity contribution in [2.24, 2.45) is 11.3 Å². The molecule has 25 nitrogen and oxygen atoms in total. The topological polar surface area (TPSA) is 275 Å². The lowest BCUT2D eigenvalue weighted by Crippen LogP contribution is -3.00. The Morgan fingerprint density at radius 3 is 1.72 bits per heavy atom. The molecule has 630 valence electrons. The van der Waals surface area contributed by atoms with E-state index >= 15 is 0 Å². The number of nitrogens with two attached hydrogens (primary N) is 1. The highest BCUT2D eigenvalue weighted by molar-refractivity contribution is 9.10. The maximum atomic E-state index is 13.1. The second-order valence-corrected chi connectivity index (χ2v) is 35.9. The summed E-state index contributed by atoms with van der Waals surface area (Å²) in [5, 5.41) is 18.6. The minimum Gasteiger partial charge on any atom is -1.00 e. The van der Waals surface area contributed by atoms with Gasteiger partial charge in [-0.1, -0.05) is 115 Å². The van der Waals surface area contributed by atoms with Crippen molar-refractivity contribution >= 4 is 127 Å². The van der Waals surface area contributed by atoms with Gasteiger partial charge in [-0.2, -0.15) is 19.8 Å². The number of hydrogen-bond donors (Lipinski definition) is 3. The van der Waals surface area contributed by atoms with Crippen molar-refractivity contribution in [1.29, 1.82) is 0 Å². The van der Waals surface area contributed by atoms with E-state index in [9.17, 15) is 19.2 Å². The Labute approximate surface area is 710 Å². The molecular weight excluding hydrogens is 1630 g/mol. The van der Waals surface area contributed by atoms with Gasteiger partial charge in [0, 0.05) is 89.4 Å². The Balaban J connectivity index is 0.000000303. The molecule has 4 aliphatic heterocycles. The van der Waals surface area contributed by atoms with Crippen LogP contribution >= 0.6 is 63.9 Å². The number of aromatic nitrogens is 6. The van der Waals surface area contributed by atoms with Gasteiger partial charge >= 0.3 is 12.2 Å². The standard InChI is InChI=1S/C19H23BrClN3O4.C18H24ClN3O2.C17H22N4O2.C17H24N4O.C11H22.CO2.3ClH.H2/c1-18(2,3)28-17(26)23-6-7-24(19(4,5)10-23)16(25)13-9-12-15(27-13)11(20)8-14(21)22-12;1-17(2,3)11-8-14(19)21-12-9-13(24-15(11)12)16(23)22-7-6-20-10-18(22,4)5;1-17(2)16(22)21(9-8-18-17)14-10-19-20(12-14)11-13-4-6-15(23-3)7-5-13;1-17(2)13-20(9-8-18-17)15-10-19-21(12-15)11-14-4-6-16(22-3)7-5-14;1-4-6-10-7-5-8-11(2,3)9-10;2-1-3;;;;/h8-9H,6-7,10H2,1-5H3;8-9,20H,6-7,10H2,1-5H3;4-7,10,12,18H,8-9,11H2,1-3H3;4-7,10,12,18H,8-9,11,13H2,1-3H3;10H,4-9H2,1-3H3;;4*1H. The lowest BCUT2D eigenvalue weighted by molar-refractivity contribution is -0.673. The molecule has 2 aromatic carbocycles. The molecule has 0 radical (unpaired) electrons. The Kier molecular flexibility index (Phi) is 35.4. The van der Waals surface area contributed by atoms with Crippen LogP contribution in [0.25, 0.3) is 22.2 Å². The summed E-state index contributed by atoms with van der Waals surface area (Å²) >= 11 is 15.5. The zero-order chi connectivity index (χ0) is 81.6.